The molecule has 4 aromatic carbocycles. The molecule has 0 spiro atoms. The van der Waals surface area contributed by atoms with Crippen molar-refractivity contribution >= 4 is 33.4 Å². The number of carbonyl (C=O) groups is 2. The molecule has 2 atom stereocenters. The van der Waals surface area contributed by atoms with E-state index in [4.69, 9.17) is 0 Å². The first-order valence-corrected chi connectivity index (χ1v) is 24.6. The number of nitrogens with zero attached hydrogens (tertiary/aromatic N) is 5. The molecule has 3 N–H and O–H groups in total. The first-order chi connectivity index (χ1) is 35.2. The second kappa shape index (κ2) is 23.9. The SMILES string of the molecule is C=CN(/C=C\NCCCNC(=O)c1cc(S(=O)c2ccc(C#N)cc2)c(C)n(-c2cccc(C(F)(F)F)c2)c1=O)CCCNC(=O)c1cc(S(=O)c2ccc(C#N)cc2)c(C)n(-c2cccc(C(F)(F)F)c2)c1=O. The lowest BCUT2D eigenvalue weighted by Crippen LogP contribution is -2.35. The monoisotopic (exact) mass is 1050 g/mol. The van der Waals surface area contributed by atoms with Crippen molar-refractivity contribution in [3.63, 3.8) is 0 Å². The van der Waals surface area contributed by atoms with E-state index in [-0.39, 0.29) is 66.6 Å². The van der Waals surface area contributed by atoms with Crippen LogP contribution in [0.25, 0.3) is 11.4 Å². The molecular weight excluding hydrogens is 1010 g/mol. The van der Waals surface area contributed by atoms with Crippen LogP contribution in [0.1, 0.15) is 67.2 Å². The van der Waals surface area contributed by atoms with Crippen molar-refractivity contribution in [2.45, 2.75) is 58.6 Å². The van der Waals surface area contributed by atoms with Crippen LogP contribution in [0.2, 0.25) is 0 Å². The quantitative estimate of drug-likeness (QED) is 0.0525. The number of halogens is 6. The minimum Gasteiger partial charge on any atom is -0.390 e. The standard InChI is InChI=1S/C52H44F6N8O6S2/c1-4-64(25-8-23-63-48(68)44-30-46(74(72)42-19-15-36(32-60)16-20-42)34(3)66(50(44)70)40-12-6-10-38(28-40)52(56,57)58)26-24-61-21-7-22-62-47(67)43-29-45(73(71)41-17-13-35(31-59)14-18-41)33(2)65(49(43)69)39-11-5-9-37(27-39)51(53,54)55/h4-6,9-20,24,26-30,61H,1,7-8,21-23,25H2,2-3H3,(H,62,67)(H,63,68)/b26-24-. The van der Waals surface area contributed by atoms with E-state index < -0.39 is 79.1 Å². The molecule has 0 aliphatic carbocycles. The predicted octanol–water partition coefficient (Wildman–Crippen LogP) is 8.17. The minimum absolute atomic E-state index is 0.0180. The summed E-state index contributed by atoms with van der Waals surface area (Å²) < 4.78 is 112. The zero-order chi connectivity index (χ0) is 53.9. The van der Waals surface area contributed by atoms with Gasteiger partial charge in [-0.05, 0) is 130 Å². The van der Waals surface area contributed by atoms with Gasteiger partial charge in [-0.3, -0.25) is 28.3 Å². The number of alkyl halides is 6. The summed E-state index contributed by atoms with van der Waals surface area (Å²) in [6.45, 7) is 7.25. The van der Waals surface area contributed by atoms with E-state index in [1.807, 2.05) is 12.1 Å². The molecule has 14 nitrogen and oxygen atoms in total. The molecule has 22 heteroatoms. The minimum atomic E-state index is -4.75. The summed E-state index contributed by atoms with van der Waals surface area (Å²) in [6, 6.07) is 25.5. The van der Waals surface area contributed by atoms with Gasteiger partial charge in [-0.25, -0.2) is 8.42 Å². The van der Waals surface area contributed by atoms with E-state index in [0.29, 0.717) is 25.9 Å². The molecule has 2 heterocycles. The number of pyridine rings is 2. The molecule has 6 rings (SSSR count). The highest BCUT2D eigenvalue weighted by molar-refractivity contribution is 7.85. The number of nitrogens with one attached hydrogen (secondary N) is 3. The van der Waals surface area contributed by atoms with Gasteiger partial charge in [-0.2, -0.15) is 36.9 Å². The lowest BCUT2D eigenvalue weighted by atomic mass is 10.1. The van der Waals surface area contributed by atoms with Crippen molar-refractivity contribution in [3.05, 3.63) is 200 Å². The number of hydrogen-bond acceptors (Lipinski definition) is 10. The zero-order valence-corrected chi connectivity index (χ0v) is 41.0. The largest absolute Gasteiger partial charge is 0.416 e. The van der Waals surface area contributed by atoms with Crippen molar-refractivity contribution in [3.8, 4) is 23.5 Å². The van der Waals surface area contributed by atoms with E-state index in [2.05, 4.69) is 22.5 Å². The molecule has 6 aromatic rings. The highest BCUT2D eigenvalue weighted by Crippen LogP contribution is 2.33. The third-order valence-corrected chi connectivity index (χ3v) is 14.3. The fraction of sp³-hybridized carbons (Fsp3) is 0.192. The van der Waals surface area contributed by atoms with Crippen LogP contribution in [-0.2, 0) is 34.0 Å². The third kappa shape index (κ3) is 13.0. The van der Waals surface area contributed by atoms with Gasteiger partial charge in [0.05, 0.1) is 65.8 Å². The number of amides is 2. The van der Waals surface area contributed by atoms with Gasteiger partial charge < -0.3 is 20.9 Å². The lowest BCUT2D eigenvalue weighted by molar-refractivity contribution is -0.138. The zero-order valence-electron chi connectivity index (χ0n) is 39.3. The number of hydrogen-bond donors (Lipinski definition) is 3. The maximum Gasteiger partial charge on any atom is 0.416 e. The fourth-order valence-corrected chi connectivity index (χ4v) is 9.83. The van der Waals surface area contributed by atoms with E-state index in [1.54, 1.807) is 17.3 Å². The Morgan fingerprint density at radius 2 is 1.07 bits per heavy atom. The van der Waals surface area contributed by atoms with Gasteiger partial charge in [-0.15, -0.1) is 0 Å². The van der Waals surface area contributed by atoms with Crippen LogP contribution in [0.5, 0.6) is 0 Å². The molecule has 0 radical (unpaired) electrons. The Morgan fingerprint density at radius 1 is 0.649 bits per heavy atom. The molecule has 2 unspecified atom stereocenters. The summed E-state index contributed by atoms with van der Waals surface area (Å²) in [4.78, 5) is 56.9. The third-order valence-electron chi connectivity index (χ3n) is 11.2. The van der Waals surface area contributed by atoms with Crippen molar-refractivity contribution < 1.29 is 44.3 Å². The Bertz CT molecular complexity index is 3400. The maximum absolute atomic E-state index is 13.9. The molecule has 382 valence electrons. The number of nitriles is 2. The first-order valence-electron chi connectivity index (χ1n) is 22.3. The highest BCUT2D eigenvalue weighted by Gasteiger charge is 2.33. The Labute approximate surface area is 424 Å². The second-order valence-electron chi connectivity index (χ2n) is 16.1. The molecule has 0 fully saturated rings. The summed E-state index contributed by atoms with van der Waals surface area (Å²) in [5, 5.41) is 26.7. The average Bonchev–Trinajstić information content (AvgIpc) is 3.38. The van der Waals surface area contributed by atoms with Crippen LogP contribution in [0, 0.1) is 36.5 Å². The summed E-state index contributed by atoms with van der Waals surface area (Å²) in [7, 11) is -4.07. The van der Waals surface area contributed by atoms with E-state index in [0.717, 1.165) is 57.7 Å². The summed E-state index contributed by atoms with van der Waals surface area (Å²) in [5.74, 6) is -1.73. The fourth-order valence-electron chi connectivity index (χ4n) is 7.39. The molecular formula is C52H44F6N8O6S2. The van der Waals surface area contributed by atoms with Gasteiger partial charge in [0.15, 0.2) is 0 Å². The van der Waals surface area contributed by atoms with Crippen LogP contribution in [0.3, 0.4) is 0 Å². The van der Waals surface area contributed by atoms with E-state index in [1.165, 1.54) is 80.7 Å². The smallest absolute Gasteiger partial charge is 0.390 e. The van der Waals surface area contributed by atoms with Crippen LogP contribution >= 0.6 is 0 Å². The van der Waals surface area contributed by atoms with Crippen LogP contribution < -0.4 is 27.1 Å². The number of aromatic nitrogens is 2. The Morgan fingerprint density at radius 3 is 1.46 bits per heavy atom. The van der Waals surface area contributed by atoms with Gasteiger partial charge in [-0.1, -0.05) is 18.7 Å². The first kappa shape index (κ1) is 55.0. The predicted molar refractivity (Wildman–Crippen MR) is 263 cm³/mol. The van der Waals surface area contributed by atoms with Crippen LogP contribution in [0.15, 0.2) is 164 Å². The number of carbonyl (C=O) groups excluding carboxylic acids is 2. The summed E-state index contributed by atoms with van der Waals surface area (Å²) in [6.07, 6.45) is -4.16. The van der Waals surface area contributed by atoms with Crippen LogP contribution in [-0.4, -0.2) is 60.4 Å². The maximum atomic E-state index is 13.9. The molecule has 74 heavy (non-hydrogen) atoms. The molecule has 0 saturated carbocycles. The number of rotatable bonds is 19. The van der Waals surface area contributed by atoms with Crippen molar-refractivity contribution in [2.75, 3.05) is 26.2 Å². The Kier molecular flexibility index (Phi) is 17.8. The second-order valence-corrected chi connectivity index (χ2v) is 19.0. The van der Waals surface area contributed by atoms with Gasteiger partial charge >= 0.3 is 12.4 Å². The van der Waals surface area contributed by atoms with Gasteiger partial charge in [0.25, 0.3) is 22.9 Å². The lowest BCUT2D eigenvalue weighted by Gasteiger charge is -2.18. The Hall–Kier alpha value is -8.34. The molecule has 0 bridgehead atoms. The topological polar surface area (TPSA) is 199 Å². The average molecular weight is 1060 g/mol. The van der Waals surface area contributed by atoms with Crippen LogP contribution in [0.4, 0.5) is 26.3 Å². The summed E-state index contributed by atoms with van der Waals surface area (Å²) in [5.41, 5.74) is -4.71. The molecule has 2 amide bonds. The molecule has 2 aromatic heterocycles. The van der Waals surface area contributed by atoms with Gasteiger partial charge in [0, 0.05) is 71.1 Å². The van der Waals surface area contributed by atoms with E-state index in [9.17, 15) is 64.5 Å². The van der Waals surface area contributed by atoms with Crippen molar-refractivity contribution in [1.29, 1.82) is 10.5 Å². The summed E-state index contributed by atoms with van der Waals surface area (Å²) >= 11 is 0. The van der Waals surface area contributed by atoms with Crippen molar-refractivity contribution in [1.82, 2.24) is 30.0 Å². The van der Waals surface area contributed by atoms with Gasteiger partial charge in [0.2, 0.25) is 0 Å². The molecule has 0 aliphatic rings. The Balaban J connectivity index is 1.08. The highest BCUT2D eigenvalue weighted by atomic mass is 32.2. The van der Waals surface area contributed by atoms with Gasteiger partial charge in [0.1, 0.15) is 11.1 Å². The number of benzene rings is 4. The van der Waals surface area contributed by atoms with E-state index >= 15 is 0 Å². The molecule has 0 aliphatic heterocycles. The normalized spacial score (nSPS) is 12.3. The molecule has 0 saturated heterocycles. The van der Waals surface area contributed by atoms with Crippen molar-refractivity contribution in [2.24, 2.45) is 0 Å².